The van der Waals surface area contributed by atoms with Gasteiger partial charge in [0, 0.05) is 23.7 Å². The average molecular weight is 290 g/mol. The highest BCUT2D eigenvalue weighted by molar-refractivity contribution is 5.92. The molecule has 0 spiro atoms. The normalized spacial score (nSPS) is 12.1. The molecule has 0 aliphatic heterocycles. The maximum absolute atomic E-state index is 13.7. The van der Waals surface area contributed by atoms with Gasteiger partial charge in [0.25, 0.3) is 0 Å². The van der Waals surface area contributed by atoms with Crippen LogP contribution in [0.5, 0.6) is 0 Å². The highest BCUT2D eigenvalue weighted by atomic mass is 19.1. The first kappa shape index (κ1) is 15.1. The van der Waals surface area contributed by atoms with Crippen molar-refractivity contribution in [2.45, 2.75) is 19.5 Å². The lowest BCUT2D eigenvalue weighted by Gasteiger charge is -2.15. The van der Waals surface area contributed by atoms with Crippen LogP contribution in [-0.4, -0.2) is 5.91 Å². The first-order valence-corrected chi connectivity index (χ1v) is 6.54. The molecule has 0 radical (unpaired) electrons. The molecule has 0 saturated carbocycles. The maximum atomic E-state index is 13.7. The molecule has 110 valence electrons. The number of nitrogens with two attached hydrogens (primary N) is 1. The summed E-state index contributed by atoms with van der Waals surface area (Å²) in [6.45, 7) is 2.13. The van der Waals surface area contributed by atoms with E-state index in [1.807, 2.05) is 6.92 Å². The van der Waals surface area contributed by atoms with Gasteiger partial charge < -0.3 is 11.1 Å². The lowest BCUT2D eigenvalue weighted by Crippen LogP contribution is -2.19. The van der Waals surface area contributed by atoms with Gasteiger partial charge in [0.05, 0.1) is 0 Å². The summed E-state index contributed by atoms with van der Waals surface area (Å²) < 4.78 is 26.6. The molecule has 1 atom stereocenters. The van der Waals surface area contributed by atoms with Crippen molar-refractivity contribution in [1.29, 1.82) is 0 Å². The van der Waals surface area contributed by atoms with E-state index in [1.54, 1.807) is 12.1 Å². The average Bonchev–Trinajstić information content (AvgIpc) is 2.46. The van der Waals surface area contributed by atoms with Crippen LogP contribution in [0.4, 0.5) is 8.78 Å². The second-order valence-electron chi connectivity index (χ2n) is 4.82. The Morgan fingerprint density at radius 3 is 2.48 bits per heavy atom. The molecular formula is C16H16F2N2O. The van der Waals surface area contributed by atoms with E-state index in [2.05, 4.69) is 5.32 Å². The Morgan fingerprint density at radius 2 is 1.86 bits per heavy atom. The second kappa shape index (κ2) is 6.45. The number of halogens is 2. The minimum atomic E-state index is -0.595. The molecule has 0 aliphatic carbocycles. The molecule has 5 heteroatoms. The first-order chi connectivity index (χ1) is 9.97. The van der Waals surface area contributed by atoms with E-state index >= 15 is 0 Å². The summed E-state index contributed by atoms with van der Waals surface area (Å²) in [7, 11) is 0. The van der Waals surface area contributed by atoms with Crippen LogP contribution in [0.15, 0.2) is 42.5 Å². The lowest BCUT2D eigenvalue weighted by molar-refractivity contribution is 0.1000. The Hall–Kier alpha value is -2.27. The molecular weight excluding hydrogens is 274 g/mol. The summed E-state index contributed by atoms with van der Waals surface area (Å²) in [4.78, 5) is 11.1. The SMILES string of the molecule is C[C@@H](NCc1cc(C(N)=O)ccc1F)c1ccc(F)cc1. The summed E-state index contributed by atoms with van der Waals surface area (Å²) in [5.41, 5.74) is 6.70. The molecule has 0 aromatic heterocycles. The molecule has 2 aromatic rings. The van der Waals surface area contributed by atoms with E-state index in [0.29, 0.717) is 5.56 Å². The second-order valence-corrected chi connectivity index (χ2v) is 4.82. The summed E-state index contributed by atoms with van der Waals surface area (Å²) in [6.07, 6.45) is 0. The zero-order valence-corrected chi connectivity index (χ0v) is 11.6. The van der Waals surface area contributed by atoms with Crippen LogP contribution in [0.25, 0.3) is 0 Å². The van der Waals surface area contributed by atoms with Crippen LogP contribution in [0.3, 0.4) is 0 Å². The minimum Gasteiger partial charge on any atom is -0.366 e. The molecule has 3 N–H and O–H groups in total. The van der Waals surface area contributed by atoms with Crippen LogP contribution in [0.1, 0.15) is 34.5 Å². The Labute approximate surface area is 121 Å². The van der Waals surface area contributed by atoms with Crippen LogP contribution in [0, 0.1) is 11.6 Å². The van der Waals surface area contributed by atoms with Gasteiger partial charge in [-0.3, -0.25) is 4.79 Å². The van der Waals surface area contributed by atoms with Gasteiger partial charge >= 0.3 is 0 Å². The van der Waals surface area contributed by atoms with Crippen LogP contribution >= 0.6 is 0 Å². The quantitative estimate of drug-likeness (QED) is 0.889. The third-order valence-corrected chi connectivity index (χ3v) is 3.30. The number of hydrogen-bond acceptors (Lipinski definition) is 2. The number of primary amides is 1. The predicted octanol–water partition coefficient (Wildman–Crippen LogP) is 2.91. The van der Waals surface area contributed by atoms with E-state index in [9.17, 15) is 13.6 Å². The summed E-state index contributed by atoms with van der Waals surface area (Å²) >= 11 is 0. The number of nitrogens with one attached hydrogen (secondary N) is 1. The third-order valence-electron chi connectivity index (χ3n) is 3.30. The molecule has 0 saturated heterocycles. The largest absolute Gasteiger partial charge is 0.366 e. The Balaban J connectivity index is 2.07. The van der Waals surface area contributed by atoms with E-state index in [1.165, 1.54) is 30.3 Å². The van der Waals surface area contributed by atoms with Crippen molar-refractivity contribution in [3.05, 3.63) is 70.8 Å². The van der Waals surface area contributed by atoms with Crippen LogP contribution < -0.4 is 11.1 Å². The summed E-state index contributed by atoms with van der Waals surface area (Å²) in [5.74, 6) is -1.30. The fourth-order valence-electron chi connectivity index (χ4n) is 2.00. The molecule has 2 aromatic carbocycles. The van der Waals surface area contributed by atoms with Gasteiger partial charge in [0.15, 0.2) is 0 Å². The van der Waals surface area contributed by atoms with E-state index in [-0.39, 0.29) is 24.0 Å². The monoisotopic (exact) mass is 290 g/mol. The standard InChI is InChI=1S/C16H16F2N2O/c1-10(11-2-5-14(17)6-3-11)20-9-13-8-12(16(19)21)4-7-15(13)18/h2-8,10,20H,9H2,1H3,(H2,19,21)/t10-/m1/s1. The van der Waals surface area contributed by atoms with Crippen molar-refractivity contribution in [3.63, 3.8) is 0 Å². The van der Waals surface area contributed by atoms with Gasteiger partial charge in [-0.15, -0.1) is 0 Å². The number of amides is 1. The van der Waals surface area contributed by atoms with Gasteiger partial charge in [-0.05, 0) is 42.8 Å². The Morgan fingerprint density at radius 1 is 1.19 bits per heavy atom. The van der Waals surface area contributed by atoms with Gasteiger partial charge in [0.2, 0.25) is 5.91 Å². The zero-order chi connectivity index (χ0) is 15.4. The highest BCUT2D eigenvalue weighted by Gasteiger charge is 2.10. The van der Waals surface area contributed by atoms with Crippen LogP contribution in [-0.2, 0) is 6.54 Å². The van der Waals surface area contributed by atoms with Crippen molar-refractivity contribution in [1.82, 2.24) is 5.32 Å². The zero-order valence-electron chi connectivity index (χ0n) is 11.6. The van der Waals surface area contributed by atoms with Crippen molar-refractivity contribution < 1.29 is 13.6 Å². The minimum absolute atomic E-state index is 0.0813. The summed E-state index contributed by atoms with van der Waals surface area (Å²) in [5, 5.41) is 3.13. The van der Waals surface area contributed by atoms with Crippen molar-refractivity contribution in [2.75, 3.05) is 0 Å². The first-order valence-electron chi connectivity index (χ1n) is 6.54. The molecule has 21 heavy (non-hydrogen) atoms. The molecule has 0 bridgehead atoms. The fourth-order valence-corrected chi connectivity index (χ4v) is 2.00. The Kier molecular flexibility index (Phi) is 4.65. The molecule has 0 fully saturated rings. The van der Waals surface area contributed by atoms with Gasteiger partial charge in [-0.25, -0.2) is 8.78 Å². The fraction of sp³-hybridized carbons (Fsp3) is 0.188. The van der Waals surface area contributed by atoms with Crippen molar-refractivity contribution in [2.24, 2.45) is 5.73 Å². The Bertz CT molecular complexity index is 641. The highest BCUT2D eigenvalue weighted by Crippen LogP contribution is 2.15. The smallest absolute Gasteiger partial charge is 0.248 e. The number of carbonyl (C=O) groups is 1. The molecule has 0 aliphatic rings. The van der Waals surface area contributed by atoms with E-state index in [0.717, 1.165) is 5.56 Å². The van der Waals surface area contributed by atoms with E-state index in [4.69, 9.17) is 5.73 Å². The number of hydrogen-bond donors (Lipinski definition) is 2. The molecule has 0 heterocycles. The van der Waals surface area contributed by atoms with E-state index < -0.39 is 11.7 Å². The number of benzene rings is 2. The van der Waals surface area contributed by atoms with Crippen LogP contribution in [0.2, 0.25) is 0 Å². The topological polar surface area (TPSA) is 55.1 Å². The number of rotatable bonds is 5. The molecule has 3 nitrogen and oxygen atoms in total. The van der Waals surface area contributed by atoms with Gasteiger partial charge in [-0.2, -0.15) is 0 Å². The van der Waals surface area contributed by atoms with Crippen molar-refractivity contribution >= 4 is 5.91 Å². The lowest BCUT2D eigenvalue weighted by atomic mass is 10.1. The maximum Gasteiger partial charge on any atom is 0.248 e. The molecule has 0 unspecified atom stereocenters. The third kappa shape index (κ3) is 3.86. The van der Waals surface area contributed by atoms with Crippen molar-refractivity contribution in [3.8, 4) is 0 Å². The molecule has 2 rings (SSSR count). The summed E-state index contributed by atoms with van der Waals surface area (Å²) in [6, 6.07) is 10.0. The number of carbonyl (C=O) groups excluding carboxylic acids is 1. The van der Waals surface area contributed by atoms with Gasteiger partial charge in [-0.1, -0.05) is 12.1 Å². The molecule has 1 amide bonds. The van der Waals surface area contributed by atoms with Gasteiger partial charge in [0.1, 0.15) is 11.6 Å². The predicted molar refractivity (Wildman–Crippen MR) is 76.6 cm³/mol.